The summed E-state index contributed by atoms with van der Waals surface area (Å²) in [6.07, 6.45) is 2.80. The van der Waals surface area contributed by atoms with Gasteiger partial charge in [-0.3, -0.25) is 4.57 Å². The molecule has 196 valence electrons. The zero-order valence-corrected chi connectivity index (χ0v) is 22.3. The third kappa shape index (κ3) is 6.06. The average molecular weight is 542 g/mol. The second kappa shape index (κ2) is 11.9. The maximum atomic E-state index is 13.7. The van der Waals surface area contributed by atoms with Crippen LogP contribution in [0.4, 0.5) is 0 Å². The topological polar surface area (TPSA) is 153 Å². The fourth-order valence-corrected chi connectivity index (χ4v) is 4.88. The number of rotatable bonds is 12. The zero-order chi connectivity index (χ0) is 26.5. The maximum Gasteiger partial charge on any atom is 0.245 e. The molecule has 15 heteroatoms. The Balaban J connectivity index is 2.07. The van der Waals surface area contributed by atoms with Crippen molar-refractivity contribution in [2.24, 2.45) is 0 Å². The summed E-state index contributed by atoms with van der Waals surface area (Å²) in [6.45, 7) is 5.15. The Morgan fingerprint density at radius 3 is 2.06 bits per heavy atom. The Kier molecular flexibility index (Phi) is 9.11. The molecule has 0 saturated carbocycles. The second-order valence-corrected chi connectivity index (χ2v) is 10.7. The molecule has 0 aromatic carbocycles. The first-order valence-corrected chi connectivity index (χ1v) is 12.9. The molecule has 0 aliphatic carbocycles. The molecule has 3 aromatic heterocycles. The molecule has 13 nitrogen and oxygen atoms in total. The fraction of sp³-hybridized carbons (Fsp3) is 0.524. The van der Waals surface area contributed by atoms with E-state index < -0.39 is 26.9 Å². The van der Waals surface area contributed by atoms with E-state index in [1.807, 2.05) is 0 Å². The van der Waals surface area contributed by atoms with Gasteiger partial charge in [0.05, 0.1) is 30.6 Å². The molecular formula is C21H28ClN7O6S. The molecule has 0 amide bonds. The summed E-state index contributed by atoms with van der Waals surface area (Å²) in [6, 6.07) is 0. The number of nitrogens with zero attached hydrogens (tertiary/aromatic N) is 7. The van der Waals surface area contributed by atoms with Crippen LogP contribution < -0.4 is 9.47 Å². The SMILES string of the molecule is COCc1nnc(CS(=O)(=O)[C@@H](C)[C@@H](OC(C)C)c2ncc(Cl)cn2)n1-c1c(OC)ncnc1OC. The summed E-state index contributed by atoms with van der Waals surface area (Å²) in [7, 11) is 0.409. The van der Waals surface area contributed by atoms with Crippen molar-refractivity contribution in [3.63, 3.8) is 0 Å². The average Bonchev–Trinajstić information content (AvgIpc) is 3.22. The van der Waals surface area contributed by atoms with Gasteiger partial charge in [0.25, 0.3) is 0 Å². The minimum atomic E-state index is -3.91. The first kappa shape index (κ1) is 27.6. The summed E-state index contributed by atoms with van der Waals surface area (Å²) in [5, 5.41) is 7.53. The largest absolute Gasteiger partial charge is 0.479 e. The molecule has 0 radical (unpaired) electrons. The molecule has 3 rings (SSSR count). The van der Waals surface area contributed by atoms with E-state index in [1.54, 1.807) is 13.8 Å². The Morgan fingerprint density at radius 2 is 1.53 bits per heavy atom. The second-order valence-electron chi connectivity index (χ2n) is 7.92. The summed E-state index contributed by atoms with van der Waals surface area (Å²) in [5.74, 6) is 0.365. The van der Waals surface area contributed by atoms with Crippen LogP contribution in [0.15, 0.2) is 18.7 Å². The molecule has 0 bridgehead atoms. The molecule has 2 atom stereocenters. The number of ether oxygens (including phenoxy) is 4. The van der Waals surface area contributed by atoms with Crippen LogP contribution in [0.5, 0.6) is 11.8 Å². The van der Waals surface area contributed by atoms with Gasteiger partial charge in [0.1, 0.15) is 24.8 Å². The quantitative estimate of drug-likeness (QED) is 0.330. The van der Waals surface area contributed by atoms with Crippen molar-refractivity contribution in [2.45, 2.75) is 50.6 Å². The zero-order valence-electron chi connectivity index (χ0n) is 20.7. The van der Waals surface area contributed by atoms with Gasteiger partial charge >= 0.3 is 0 Å². The van der Waals surface area contributed by atoms with Gasteiger partial charge in [-0.05, 0) is 20.8 Å². The highest BCUT2D eigenvalue weighted by atomic mass is 35.5. The van der Waals surface area contributed by atoms with Crippen molar-refractivity contribution in [1.29, 1.82) is 0 Å². The van der Waals surface area contributed by atoms with Crippen LogP contribution in [-0.2, 0) is 31.7 Å². The number of aromatic nitrogens is 7. The maximum absolute atomic E-state index is 13.7. The third-order valence-corrected chi connectivity index (χ3v) is 7.31. The summed E-state index contributed by atoms with van der Waals surface area (Å²) in [4.78, 5) is 16.6. The highest BCUT2D eigenvalue weighted by molar-refractivity contribution is 7.91. The van der Waals surface area contributed by atoms with E-state index in [4.69, 9.17) is 30.5 Å². The van der Waals surface area contributed by atoms with Crippen molar-refractivity contribution in [3.8, 4) is 17.4 Å². The lowest BCUT2D eigenvalue weighted by molar-refractivity contribution is 0.00143. The van der Waals surface area contributed by atoms with Gasteiger partial charge in [-0.2, -0.15) is 9.97 Å². The lowest BCUT2D eigenvalue weighted by atomic mass is 10.2. The van der Waals surface area contributed by atoms with E-state index in [2.05, 4.69) is 30.1 Å². The molecule has 0 unspecified atom stereocenters. The van der Waals surface area contributed by atoms with Crippen molar-refractivity contribution in [3.05, 3.63) is 41.2 Å². The van der Waals surface area contributed by atoms with Crippen LogP contribution in [0.3, 0.4) is 0 Å². The van der Waals surface area contributed by atoms with Gasteiger partial charge in [0, 0.05) is 19.5 Å². The summed E-state index contributed by atoms with van der Waals surface area (Å²) < 4.78 is 50.7. The van der Waals surface area contributed by atoms with Crippen LogP contribution in [0.1, 0.15) is 44.3 Å². The van der Waals surface area contributed by atoms with E-state index in [1.165, 1.54) is 51.5 Å². The van der Waals surface area contributed by atoms with E-state index in [-0.39, 0.29) is 41.8 Å². The smallest absolute Gasteiger partial charge is 0.245 e. The number of hydrogen-bond donors (Lipinski definition) is 0. The third-order valence-electron chi connectivity index (χ3n) is 5.07. The van der Waals surface area contributed by atoms with Crippen molar-refractivity contribution in [1.82, 2.24) is 34.7 Å². The van der Waals surface area contributed by atoms with Gasteiger partial charge in [-0.25, -0.2) is 18.4 Å². The number of halogens is 1. The lowest BCUT2D eigenvalue weighted by Crippen LogP contribution is -2.32. The van der Waals surface area contributed by atoms with Crippen LogP contribution in [0, 0.1) is 0 Å². The van der Waals surface area contributed by atoms with Crippen molar-refractivity contribution >= 4 is 21.4 Å². The molecule has 0 saturated heterocycles. The molecule has 0 N–H and O–H groups in total. The number of methoxy groups -OCH3 is 3. The van der Waals surface area contributed by atoms with E-state index >= 15 is 0 Å². The normalized spacial score (nSPS) is 13.6. The molecule has 0 aliphatic rings. The summed E-state index contributed by atoms with van der Waals surface area (Å²) >= 11 is 5.91. The molecule has 0 spiro atoms. The number of hydrogen-bond acceptors (Lipinski definition) is 12. The molecule has 0 fully saturated rings. The molecule has 0 aliphatic heterocycles. The van der Waals surface area contributed by atoms with Crippen molar-refractivity contribution in [2.75, 3.05) is 21.3 Å². The fourth-order valence-electron chi connectivity index (χ4n) is 3.41. The summed E-state index contributed by atoms with van der Waals surface area (Å²) in [5.41, 5.74) is 0.244. The lowest BCUT2D eigenvalue weighted by Gasteiger charge is -2.25. The van der Waals surface area contributed by atoms with Crippen LogP contribution in [0.25, 0.3) is 5.69 Å². The Morgan fingerprint density at radius 1 is 0.944 bits per heavy atom. The Bertz CT molecular complexity index is 1250. The molecule has 3 aromatic rings. The monoisotopic (exact) mass is 541 g/mol. The molecular weight excluding hydrogens is 514 g/mol. The van der Waals surface area contributed by atoms with E-state index in [9.17, 15) is 8.42 Å². The van der Waals surface area contributed by atoms with Gasteiger partial charge in [0.2, 0.25) is 11.8 Å². The molecule has 3 heterocycles. The van der Waals surface area contributed by atoms with Crippen molar-refractivity contribution < 1.29 is 27.4 Å². The van der Waals surface area contributed by atoms with Gasteiger partial charge < -0.3 is 18.9 Å². The predicted octanol–water partition coefficient (Wildman–Crippen LogP) is 2.13. The first-order chi connectivity index (χ1) is 17.1. The van der Waals surface area contributed by atoms with Gasteiger partial charge in [-0.15, -0.1) is 10.2 Å². The standard InChI is InChI=1S/C21H28ClN7O6S/c1-12(2)35-18(19-23-7-14(22)8-24-19)13(3)36(30,31)10-16-28-27-15(9-32-4)29(16)17-20(33-5)25-11-26-21(17)34-6/h7-8,11-13,18H,9-10H2,1-6H3/t13-,18+/m0/s1. The highest BCUT2D eigenvalue weighted by Crippen LogP contribution is 2.32. The van der Waals surface area contributed by atoms with Gasteiger partial charge in [0.15, 0.2) is 33.0 Å². The predicted molar refractivity (Wildman–Crippen MR) is 129 cm³/mol. The van der Waals surface area contributed by atoms with E-state index in [0.717, 1.165) is 0 Å². The minimum Gasteiger partial charge on any atom is -0.479 e. The van der Waals surface area contributed by atoms with Crippen LogP contribution in [-0.4, -0.2) is 75.8 Å². The number of sulfone groups is 1. The Labute approximate surface area is 214 Å². The van der Waals surface area contributed by atoms with Crippen LogP contribution >= 0.6 is 11.6 Å². The van der Waals surface area contributed by atoms with Gasteiger partial charge in [-0.1, -0.05) is 11.6 Å². The Hall–Kier alpha value is -2.94. The first-order valence-electron chi connectivity index (χ1n) is 10.8. The van der Waals surface area contributed by atoms with E-state index in [0.29, 0.717) is 10.8 Å². The van der Waals surface area contributed by atoms with Crippen LogP contribution in [0.2, 0.25) is 5.02 Å². The molecule has 36 heavy (non-hydrogen) atoms. The highest BCUT2D eigenvalue weighted by Gasteiger charge is 2.36. The minimum absolute atomic E-state index is 0.0293.